The first-order valence-corrected chi connectivity index (χ1v) is 6.12. The molecule has 0 aliphatic rings. The average Bonchev–Trinajstić information content (AvgIpc) is 2.41. The van der Waals surface area contributed by atoms with E-state index < -0.39 is 0 Å². The Morgan fingerprint density at radius 1 is 1.06 bits per heavy atom. The maximum atomic E-state index is 5.42. The summed E-state index contributed by atoms with van der Waals surface area (Å²) in [5.74, 6) is 0.652. The van der Waals surface area contributed by atoms with Crippen LogP contribution in [0.2, 0.25) is 0 Å². The number of nitrogens with zero attached hydrogens (tertiary/aromatic N) is 2. The van der Waals surface area contributed by atoms with Crippen LogP contribution in [0, 0.1) is 6.92 Å². The van der Waals surface area contributed by atoms with Gasteiger partial charge in [0.25, 0.3) is 0 Å². The van der Waals surface area contributed by atoms with E-state index in [-0.39, 0.29) is 0 Å². The van der Waals surface area contributed by atoms with Gasteiger partial charge in [0.05, 0.1) is 0 Å². The van der Waals surface area contributed by atoms with Crippen LogP contribution < -0.4 is 11.1 Å². The molecule has 0 bridgehead atoms. The van der Waals surface area contributed by atoms with E-state index in [4.69, 9.17) is 5.73 Å². The second kappa shape index (κ2) is 6.12. The molecule has 0 radical (unpaired) electrons. The van der Waals surface area contributed by atoms with Gasteiger partial charge in [0.2, 0.25) is 5.95 Å². The van der Waals surface area contributed by atoms with Gasteiger partial charge in [-0.15, -0.1) is 0 Å². The van der Waals surface area contributed by atoms with Crippen LogP contribution in [0.15, 0.2) is 36.7 Å². The highest BCUT2D eigenvalue weighted by molar-refractivity contribution is 5.62. The molecule has 1 heterocycles. The number of hydrogen-bond donors (Lipinski definition) is 2. The smallest absolute Gasteiger partial charge is 0.222 e. The quantitative estimate of drug-likeness (QED) is 0.789. The van der Waals surface area contributed by atoms with E-state index in [0.29, 0.717) is 12.5 Å². The summed E-state index contributed by atoms with van der Waals surface area (Å²) < 4.78 is 0. The van der Waals surface area contributed by atoms with Crippen molar-refractivity contribution >= 4 is 5.95 Å². The summed E-state index contributed by atoms with van der Waals surface area (Å²) in [4.78, 5) is 8.57. The van der Waals surface area contributed by atoms with Gasteiger partial charge in [-0.25, -0.2) is 9.97 Å². The zero-order valence-corrected chi connectivity index (χ0v) is 10.6. The number of nitrogens with one attached hydrogen (secondary N) is 1. The number of aromatic nitrogens is 2. The first kappa shape index (κ1) is 12.5. The molecule has 0 aliphatic carbocycles. The second-order valence-corrected chi connectivity index (χ2v) is 4.23. The summed E-state index contributed by atoms with van der Waals surface area (Å²) in [6, 6.07) is 8.33. The van der Waals surface area contributed by atoms with Gasteiger partial charge in [-0.3, -0.25) is 0 Å². The SMILES string of the molecule is Cc1ccc(-c2cnc(NCCCN)nc2)cc1. The maximum absolute atomic E-state index is 5.42. The molecular weight excluding hydrogens is 224 g/mol. The van der Waals surface area contributed by atoms with E-state index in [2.05, 4.69) is 46.5 Å². The third-order valence-electron chi connectivity index (χ3n) is 2.70. The predicted molar refractivity (Wildman–Crippen MR) is 74.4 cm³/mol. The highest BCUT2D eigenvalue weighted by Crippen LogP contribution is 2.18. The van der Waals surface area contributed by atoms with E-state index >= 15 is 0 Å². The van der Waals surface area contributed by atoms with E-state index in [9.17, 15) is 0 Å². The molecule has 18 heavy (non-hydrogen) atoms. The molecule has 0 fully saturated rings. The third-order valence-corrected chi connectivity index (χ3v) is 2.70. The van der Waals surface area contributed by atoms with Crippen LogP contribution in [0.25, 0.3) is 11.1 Å². The van der Waals surface area contributed by atoms with E-state index in [1.54, 1.807) is 0 Å². The van der Waals surface area contributed by atoms with Gasteiger partial charge in [0, 0.05) is 24.5 Å². The second-order valence-electron chi connectivity index (χ2n) is 4.23. The Hall–Kier alpha value is -1.94. The minimum Gasteiger partial charge on any atom is -0.354 e. The molecule has 1 aromatic carbocycles. The normalized spacial score (nSPS) is 10.3. The monoisotopic (exact) mass is 242 g/mol. The van der Waals surface area contributed by atoms with Gasteiger partial charge >= 0.3 is 0 Å². The van der Waals surface area contributed by atoms with Crippen molar-refractivity contribution in [1.29, 1.82) is 0 Å². The molecule has 0 saturated heterocycles. The number of benzene rings is 1. The Balaban J connectivity index is 2.05. The zero-order valence-electron chi connectivity index (χ0n) is 10.6. The average molecular weight is 242 g/mol. The fourth-order valence-corrected chi connectivity index (χ4v) is 1.62. The Bertz CT molecular complexity index is 476. The van der Waals surface area contributed by atoms with Crippen LogP contribution in [0.4, 0.5) is 5.95 Å². The molecule has 0 spiro atoms. The number of aryl methyl sites for hydroxylation is 1. The summed E-state index contributed by atoms with van der Waals surface area (Å²) in [5, 5.41) is 3.13. The standard InChI is InChI=1S/C14H18N4/c1-11-3-5-12(6-4-11)13-9-17-14(18-10-13)16-8-2-7-15/h3-6,9-10H,2,7-8,15H2,1H3,(H,16,17,18). The van der Waals surface area contributed by atoms with Crippen molar-refractivity contribution in [3.8, 4) is 11.1 Å². The van der Waals surface area contributed by atoms with Gasteiger partial charge in [0.15, 0.2) is 0 Å². The van der Waals surface area contributed by atoms with Crippen LogP contribution in [-0.4, -0.2) is 23.1 Å². The lowest BCUT2D eigenvalue weighted by Crippen LogP contribution is -2.10. The predicted octanol–water partition coefficient (Wildman–Crippen LogP) is 2.21. The lowest BCUT2D eigenvalue weighted by atomic mass is 10.1. The minimum atomic E-state index is 0.652. The van der Waals surface area contributed by atoms with Crippen molar-refractivity contribution in [3.63, 3.8) is 0 Å². The number of nitrogens with two attached hydrogens (primary N) is 1. The highest BCUT2D eigenvalue weighted by Gasteiger charge is 1.99. The Morgan fingerprint density at radius 2 is 1.72 bits per heavy atom. The first-order chi connectivity index (χ1) is 8.79. The molecular formula is C14H18N4. The topological polar surface area (TPSA) is 63.8 Å². The molecule has 0 unspecified atom stereocenters. The summed E-state index contributed by atoms with van der Waals surface area (Å²) in [5.41, 5.74) is 8.83. The molecule has 94 valence electrons. The molecule has 0 amide bonds. The summed E-state index contributed by atoms with van der Waals surface area (Å²) >= 11 is 0. The molecule has 1 aromatic heterocycles. The molecule has 0 saturated carbocycles. The Labute approximate surface area is 107 Å². The molecule has 2 rings (SSSR count). The van der Waals surface area contributed by atoms with Crippen LogP contribution in [0.1, 0.15) is 12.0 Å². The molecule has 4 nitrogen and oxygen atoms in total. The van der Waals surface area contributed by atoms with Gasteiger partial charge in [-0.2, -0.15) is 0 Å². The van der Waals surface area contributed by atoms with Crippen molar-refractivity contribution in [3.05, 3.63) is 42.2 Å². The van der Waals surface area contributed by atoms with Crippen LogP contribution in [0.3, 0.4) is 0 Å². The number of anilines is 1. The summed E-state index contributed by atoms with van der Waals surface area (Å²) in [7, 11) is 0. The Morgan fingerprint density at radius 3 is 2.33 bits per heavy atom. The highest BCUT2D eigenvalue weighted by atomic mass is 15.1. The van der Waals surface area contributed by atoms with Crippen LogP contribution >= 0.6 is 0 Å². The number of rotatable bonds is 5. The molecule has 2 aromatic rings. The fourth-order valence-electron chi connectivity index (χ4n) is 1.62. The molecule has 3 N–H and O–H groups in total. The van der Waals surface area contributed by atoms with Crippen molar-refractivity contribution in [2.45, 2.75) is 13.3 Å². The fraction of sp³-hybridized carbons (Fsp3) is 0.286. The van der Waals surface area contributed by atoms with Gasteiger partial charge in [0.1, 0.15) is 0 Å². The largest absolute Gasteiger partial charge is 0.354 e. The lowest BCUT2D eigenvalue weighted by Gasteiger charge is -2.05. The van der Waals surface area contributed by atoms with Gasteiger partial charge in [-0.1, -0.05) is 29.8 Å². The number of hydrogen-bond acceptors (Lipinski definition) is 4. The van der Waals surface area contributed by atoms with Gasteiger partial charge in [-0.05, 0) is 25.5 Å². The molecule has 0 aliphatic heterocycles. The van der Waals surface area contributed by atoms with Crippen LogP contribution in [0.5, 0.6) is 0 Å². The van der Waals surface area contributed by atoms with E-state index in [1.807, 2.05) is 12.4 Å². The molecule has 0 atom stereocenters. The summed E-state index contributed by atoms with van der Waals surface area (Å²) in [6.45, 7) is 3.56. The maximum Gasteiger partial charge on any atom is 0.222 e. The zero-order chi connectivity index (χ0) is 12.8. The third kappa shape index (κ3) is 3.28. The van der Waals surface area contributed by atoms with E-state index in [0.717, 1.165) is 24.1 Å². The minimum absolute atomic E-state index is 0.652. The first-order valence-electron chi connectivity index (χ1n) is 6.12. The summed E-state index contributed by atoms with van der Waals surface area (Å²) in [6.07, 6.45) is 4.59. The lowest BCUT2D eigenvalue weighted by molar-refractivity contribution is 0.864. The molecule has 4 heteroatoms. The van der Waals surface area contributed by atoms with Crippen molar-refractivity contribution in [1.82, 2.24) is 9.97 Å². The van der Waals surface area contributed by atoms with Gasteiger partial charge < -0.3 is 11.1 Å². The van der Waals surface area contributed by atoms with Crippen LogP contribution in [-0.2, 0) is 0 Å². The van der Waals surface area contributed by atoms with Crippen molar-refractivity contribution in [2.24, 2.45) is 5.73 Å². The van der Waals surface area contributed by atoms with Crippen molar-refractivity contribution in [2.75, 3.05) is 18.4 Å². The van der Waals surface area contributed by atoms with E-state index in [1.165, 1.54) is 5.56 Å². The van der Waals surface area contributed by atoms with Crippen molar-refractivity contribution < 1.29 is 0 Å². The Kier molecular flexibility index (Phi) is 4.25.